The number of hydrogen-bond donors (Lipinski definition) is 4. The molecule has 2 fully saturated rings. The zero-order valence-electron chi connectivity index (χ0n) is 38.5. The summed E-state index contributed by atoms with van der Waals surface area (Å²) < 4.78 is 1.81. The second kappa shape index (κ2) is 22.2. The van der Waals surface area contributed by atoms with Crippen LogP contribution in [-0.4, -0.2) is 92.6 Å². The molecule has 4 N–H and O–H groups in total. The molecule has 2 saturated heterocycles. The highest BCUT2D eigenvalue weighted by atomic mass is 32.1. The number of aromatic nitrogens is 4. The third-order valence-corrected chi connectivity index (χ3v) is 17.0. The minimum absolute atomic E-state index is 0.0241. The highest BCUT2D eigenvalue weighted by Gasteiger charge is 2.43. The first kappa shape index (κ1) is 47.5. The number of phenolic OH excluding ortho intramolecular Hbond substituents is 1. The minimum atomic E-state index is -2.25. The van der Waals surface area contributed by atoms with Gasteiger partial charge in [0.1, 0.15) is 11.8 Å². The number of amides is 4. The van der Waals surface area contributed by atoms with Gasteiger partial charge in [0.2, 0.25) is 32.2 Å². The summed E-state index contributed by atoms with van der Waals surface area (Å²) >= 11 is 1.61. The Bertz CT molecular complexity index is 2410. The fourth-order valence-electron chi connectivity index (χ4n) is 9.02. The second-order valence-electron chi connectivity index (χ2n) is 19.0. The molecule has 346 valence electrons. The van der Waals surface area contributed by atoms with E-state index < -0.39 is 20.4 Å². The van der Waals surface area contributed by atoms with E-state index in [-0.39, 0.29) is 34.9 Å². The van der Waals surface area contributed by atoms with Gasteiger partial charge in [-0.2, -0.15) is 0 Å². The van der Waals surface area contributed by atoms with Crippen molar-refractivity contribution in [2.45, 2.75) is 136 Å². The van der Waals surface area contributed by atoms with E-state index in [1.807, 2.05) is 73.0 Å². The smallest absolute Gasteiger partial charge is 0.245 e. The number of rotatable bonds is 21. The molecule has 2 aliphatic rings. The van der Waals surface area contributed by atoms with Gasteiger partial charge in [0.15, 0.2) is 5.65 Å². The SMILES string of the molecule is Cc1ncsc1-c1ccc(CNC(=O)[Si@@H]2CCCN2C(=O)[C@@H](NC(=O)CCCCCCCCCCCCC(=O)N2CC(c3cc4cc(-c5ccccc5O)nnc4[nH]3)C2)C(C)(C)C)cc1. The predicted molar refractivity (Wildman–Crippen MR) is 260 cm³/mol. The van der Waals surface area contributed by atoms with Gasteiger partial charge in [-0.05, 0) is 73.0 Å². The van der Waals surface area contributed by atoms with Crippen molar-refractivity contribution in [3.8, 4) is 27.4 Å². The van der Waals surface area contributed by atoms with Crippen LogP contribution in [0, 0.1) is 12.3 Å². The largest absolute Gasteiger partial charge is 0.507 e. The van der Waals surface area contributed by atoms with Crippen molar-refractivity contribution in [3.05, 3.63) is 83.1 Å². The van der Waals surface area contributed by atoms with E-state index in [9.17, 15) is 24.3 Å². The molecule has 2 aliphatic heterocycles. The van der Waals surface area contributed by atoms with E-state index in [0.29, 0.717) is 55.9 Å². The number of H-pyrrole nitrogens is 1. The van der Waals surface area contributed by atoms with E-state index >= 15 is 0 Å². The number of carbonyl (C=O) groups is 4. The monoisotopic (exact) mass is 918 g/mol. The van der Waals surface area contributed by atoms with E-state index in [1.165, 1.54) is 19.3 Å². The fraction of sp³-hybridized carbons (Fsp3) is 0.500. The summed E-state index contributed by atoms with van der Waals surface area (Å²) in [6, 6.07) is 19.4. The van der Waals surface area contributed by atoms with Crippen LogP contribution >= 0.6 is 11.3 Å². The number of phenols is 1. The summed E-state index contributed by atoms with van der Waals surface area (Å²) in [7, 11) is -2.25. The number of nitrogens with zero attached hydrogens (tertiary/aromatic N) is 5. The van der Waals surface area contributed by atoms with Gasteiger partial charge in [0.05, 0.1) is 21.8 Å². The van der Waals surface area contributed by atoms with Crippen LogP contribution < -0.4 is 10.6 Å². The standard InChI is InChI=1S/C50H66N8O5SSi/c1-34-45(64-33-52-34)36-24-22-35(23-25-36)30-51-49(63)65-27-17-26-58(65)48(62)46(50(2,3)4)54-43(60)20-13-11-9-7-5-6-8-10-12-14-21-44(61)57-31-38(32-57)40-28-37-29-41(55-56-47(37)53-40)39-18-15-16-19-42(39)59/h15-16,18-19,22-25,28-29,33,38,46,59,65H,5-14,17,20-21,26-27,30-32H2,1-4H3,(H,51,63)(H,53,56)(H,54,60)/t46-,65+/m1/s1. The van der Waals surface area contributed by atoms with Crippen molar-refractivity contribution < 1.29 is 24.3 Å². The van der Waals surface area contributed by atoms with Crippen LogP contribution in [-0.2, 0) is 20.9 Å². The van der Waals surface area contributed by atoms with Crippen molar-refractivity contribution in [1.82, 2.24) is 40.3 Å². The van der Waals surface area contributed by atoms with Crippen molar-refractivity contribution in [1.29, 1.82) is 0 Å². The number of benzene rings is 2. The number of carbonyl (C=O) groups excluding carboxylic acids is 4. The van der Waals surface area contributed by atoms with Crippen LogP contribution in [0.5, 0.6) is 5.75 Å². The third kappa shape index (κ3) is 12.5. The summed E-state index contributed by atoms with van der Waals surface area (Å²) in [6.45, 7) is 10.3. The van der Waals surface area contributed by atoms with Gasteiger partial charge < -0.3 is 30.2 Å². The number of para-hydroxylation sites is 1. The average molecular weight is 919 g/mol. The molecule has 2 aromatic carbocycles. The number of aryl methyl sites for hydroxylation is 1. The highest BCUT2D eigenvalue weighted by Crippen LogP contribution is 2.33. The lowest BCUT2D eigenvalue weighted by molar-refractivity contribution is -0.136. The van der Waals surface area contributed by atoms with Gasteiger partial charge >= 0.3 is 0 Å². The summed E-state index contributed by atoms with van der Waals surface area (Å²) in [4.78, 5) is 64.2. The average Bonchev–Trinajstić information content (AvgIpc) is 4.04. The molecular formula is C50H66N8O5SSi. The predicted octanol–water partition coefficient (Wildman–Crippen LogP) is 9.35. The van der Waals surface area contributed by atoms with Gasteiger partial charge in [-0.15, -0.1) is 21.5 Å². The molecule has 65 heavy (non-hydrogen) atoms. The first-order chi connectivity index (χ1) is 31.4. The number of thiazole rings is 1. The molecule has 7 rings (SSSR count). The lowest BCUT2D eigenvalue weighted by Crippen LogP contribution is -2.59. The second-order valence-corrected chi connectivity index (χ2v) is 22.7. The summed E-state index contributed by atoms with van der Waals surface area (Å²) in [6.07, 6.45) is 12.4. The molecule has 15 heteroatoms. The lowest BCUT2D eigenvalue weighted by Gasteiger charge is -2.39. The third-order valence-electron chi connectivity index (χ3n) is 13.0. The van der Waals surface area contributed by atoms with Crippen LogP contribution in [0.2, 0.25) is 6.04 Å². The Morgan fingerprint density at radius 2 is 1.57 bits per heavy atom. The molecule has 5 aromatic rings. The minimum Gasteiger partial charge on any atom is -0.507 e. The van der Waals surface area contributed by atoms with E-state index in [2.05, 4.69) is 49.0 Å². The van der Waals surface area contributed by atoms with Crippen LogP contribution in [0.1, 0.15) is 127 Å². The Morgan fingerprint density at radius 3 is 2.23 bits per heavy atom. The Labute approximate surface area is 388 Å². The van der Waals surface area contributed by atoms with Gasteiger partial charge in [-0.3, -0.25) is 19.2 Å². The Hall–Kier alpha value is -5.41. The van der Waals surface area contributed by atoms with Gasteiger partial charge in [0, 0.05) is 61.6 Å². The number of likely N-dealkylation sites (tertiary alicyclic amines) is 1. The maximum atomic E-state index is 14.0. The Morgan fingerprint density at radius 1 is 0.892 bits per heavy atom. The quantitative estimate of drug-likeness (QED) is 0.0416. The van der Waals surface area contributed by atoms with Gasteiger partial charge in [-0.1, -0.05) is 109 Å². The fourth-order valence-corrected chi connectivity index (χ4v) is 12.5. The maximum absolute atomic E-state index is 14.0. The first-order valence-electron chi connectivity index (χ1n) is 23.6. The van der Waals surface area contributed by atoms with E-state index in [0.717, 1.165) is 90.2 Å². The van der Waals surface area contributed by atoms with E-state index in [1.54, 1.807) is 23.5 Å². The molecule has 0 radical (unpaired) electrons. The van der Waals surface area contributed by atoms with Crippen LogP contribution in [0.4, 0.5) is 4.79 Å². The highest BCUT2D eigenvalue weighted by molar-refractivity contribution is 7.13. The molecule has 0 aliphatic carbocycles. The lowest BCUT2D eigenvalue weighted by atomic mass is 9.86. The Balaban J connectivity index is 0.717. The molecule has 4 amide bonds. The molecule has 0 spiro atoms. The van der Waals surface area contributed by atoms with E-state index in [4.69, 9.17) is 0 Å². The van der Waals surface area contributed by atoms with Crippen LogP contribution in [0.15, 0.2) is 66.2 Å². The molecule has 2 atom stereocenters. The first-order valence-corrected chi connectivity index (χ1v) is 26.4. The molecule has 5 heterocycles. The number of unbranched alkanes of at least 4 members (excludes halogenated alkanes) is 9. The maximum Gasteiger partial charge on any atom is 0.245 e. The van der Waals surface area contributed by atoms with Crippen LogP contribution in [0.25, 0.3) is 32.7 Å². The van der Waals surface area contributed by atoms with Crippen molar-refractivity contribution >= 4 is 54.6 Å². The number of aromatic hydroxyl groups is 1. The number of fused-ring (bicyclic) bond motifs is 1. The van der Waals surface area contributed by atoms with Gasteiger partial charge in [0.25, 0.3) is 0 Å². The van der Waals surface area contributed by atoms with Gasteiger partial charge in [-0.25, -0.2) is 4.98 Å². The molecular weight excluding hydrogens is 853 g/mol. The van der Waals surface area contributed by atoms with Crippen molar-refractivity contribution in [2.24, 2.45) is 5.41 Å². The number of aromatic amines is 1. The number of hydrogen-bond acceptors (Lipinski definition) is 9. The van der Waals surface area contributed by atoms with Crippen LogP contribution in [0.3, 0.4) is 0 Å². The molecule has 0 unspecified atom stereocenters. The topological polar surface area (TPSA) is 174 Å². The zero-order chi connectivity index (χ0) is 45.9. The normalized spacial score (nSPS) is 15.8. The summed E-state index contributed by atoms with van der Waals surface area (Å²) in [5, 5.41) is 26.0. The summed E-state index contributed by atoms with van der Waals surface area (Å²) in [5.41, 5.74) is 7.50. The summed E-state index contributed by atoms with van der Waals surface area (Å²) in [5.74, 6) is 0.430. The molecule has 0 bridgehead atoms. The Kier molecular flexibility index (Phi) is 16.2. The molecule has 13 nitrogen and oxygen atoms in total. The van der Waals surface area contributed by atoms with Crippen molar-refractivity contribution in [2.75, 3.05) is 19.6 Å². The number of nitrogens with one attached hydrogen (secondary N) is 3. The molecule has 0 saturated carbocycles. The van der Waals surface area contributed by atoms with Crippen molar-refractivity contribution in [3.63, 3.8) is 0 Å². The zero-order valence-corrected chi connectivity index (χ0v) is 40.5. The molecule has 3 aromatic heterocycles.